The molecule has 0 aromatic rings. The molecular formula is C17H23NO4. The lowest BCUT2D eigenvalue weighted by Gasteiger charge is -2.32. The summed E-state index contributed by atoms with van der Waals surface area (Å²) in [5.41, 5.74) is 3.44. The zero-order valence-electron chi connectivity index (χ0n) is 13.0. The maximum Gasteiger partial charge on any atom is 0.306 e. The number of nitrogens with zero attached hydrogens (tertiary/aromatic N) is 1. The largest absolute Gasteiger partial charge is 0.496 e. The van der Waals surface area contributed by atoms with Crippen LogP contribution >= 0.6 is 0 Å². The van der Waals surface area contributed by atoms with Gasteiger partial charge in [0.2, 0.25) is 0 Å². The summed E-state index contributed by atoms with van der Waals surface area (Å²) in [6.45, 7) is 5.17. The van der Waals surface area contributed by atoms with Gasteiger partial charge < -0.3 is 14.7 Å². The first kappa shape index (κ1) is 15.3. The van der Waals surface area contributed by atoms with Crippen LogP contribution in [0.15, 0.2) is 23.0 Å². The molecule has 2 heterocycles. The van der Waals surface area contributed by atoms with E-state index in [1.807, 2.05) is 0 Å². The van der Waals surface area contributed by atoms with Gasteiger partial charge in [-0.15, -0.1) is 0 Å². The van der Waals surface area contributed by atoms with Gasteiger partial charge in [-0.3, -0.25) is 9.59 Å². The summed E-state index contributed by atoms with van der Waals surface area (Å²) in [6.07, 6.45) is 4.49. The van der Waals surface area contributed by atoms with Crippen molar-refractivity contribution in [2.24, 2.45) is 11.8 Å². The van der Waals surface area contributed by atoms with Gasteiger partial charge in [0.25, 0.3) is 0 Å². The molecule has 0 saturated carbocycles. The highest BCUT2D eigenvalue weighted by Gasteiger charge is 2.33. The second-order valence-corrected chi connectivity index (χ2v) is 6.55. The molecule has 0 amide bonds. The van der Waals surface area contributed by atoms with Gasteiger partial charge in [0, 0.05) is 17.9 Å². The number of Topliss-reactive ketones (excluding diaryl/α,β-unsaturated/α-hetero) is 1. The van der Waals surface area contributed by atoms with E-state index in [4.69, 9.17) is 9.84 Å². The van der Waals surface area contributed by atoms with Crippen molar-refractivity contribution in [1.29, 1.82) is 0 Å². The molecule has 5 nitrogen and oxygen atoms in total. The fourth-order valence-corrected chi connectivity index (χ4v) is 3.76. The molecule has 1 unspecified atom stereocenters. The number of carboxylic acid groups (broad SMARTS) is 1. The molecule has 3 rings (SSSR count). The third-order valence-corrected chi connectivity index (χ3v) is 5.26. The molecule has 0 bridgehead atoms. The number of carbonyl (C=O) groups is 2. The summed E-state index contributed by atoms with van der Waals surface area (Å²) in [7, 11) is 0. The first-order valence-electron chi connectivity index (χ1n) is 8.05. The van der Waals surface area contributed by atoms with Crippen LogP contribution in [0, 0.1) is 11.8 Å². The Morgan fingerprint density at radius 1 is 1.41 bits per heavy atom. The minimum absolute atomic E-state index is 0.00560. The Bertz CT molecular complexity index is 541. The van der Waals surface area contributed by atoms with E-state index in [0.717, 1.165) is 44.5 Å². The molecule has 0 aromatic carbocycles. The van der Waals surface area contributed by atoms with Crippen LogP contribution in [0.3, 0.4) is 0 Å². The number of allylic oxidation sites excluding steroid dienone is 1. The van der Waals surface area contributed by atoms with Crippen LogP contribution in [-0.4, -0.2) is 48.0 Å². The number of likely N-dealkylation sites (tertiary alicyclic amines) is 1. The first-order chi connectivity index (χ1) is 10.6. The molecule has 22 heavy (non-hydrogen) atoms. The summed E-state index contributed by atoms with van der Waals surface area (Å²) in [4.78, 5) is 25.6. The zero-order chi connectivity index (χ0) is 15.7. The number of carbonyl (C=O) groups excluding carboxylic acids is 1. The SMILES string of the molecule is CC1=C2COC=C2CC(=O)C1CCN1CCC(C(=O)O)CC1. The average Bonchev–Trinajstić information content (AvgIpc) is 2.96. The number of hydrogen-bond acceptors (Lipinski definition) is 4. The van der Waals surface area contributed by atoms with E-state index in [1.54, 1.807) is 6.26 Å². The third kappa shape index (κ3) is 2.95. The molecule has 0 spiro atoms. The Labute approximate surface area is 130 Å². The quantitative estimate of drug-likeness (QED) is 0.860. The molecule has 120 valence electrons. The lowest BCUT2D eigenvalue weighted by Crippen LogP contribution is -2.38. The van der Waals surface area contributed by atoms with E-state index in [2.05, 4.69) is 11.8 Å². The Balaban J connectivity index is 1.56. The van der Waals surface area contributed by atoms with Crippen LogP contribution in [0.25, 0.3) is 0 Å². The molecule has 2 aliphatic heterocycles. The van der Waals surface area contributed by atoms with Gasteiger partial charge in [-0.25, -0.2) is 0 Å². The van der Waals surface area contributed by atoms with Crippen LogP contribution < -0.4 is 0 Å². The van der Waals surface area contributed by atoms with Gasteiger partial charge in [0.1, 0.15) is 12.4 Å². The minimum atomic E-state index is -0.678. The van der Waals surface area contributed by atoms with Crippen molar-refractivity contribution in [2.75, 3.05) is 26.2 Å². The van der Waals surface area contributed by atoms with Crippen molar-refractivity contribution >= 4 is 11.8 Å². The Morgan fingerprint density at radius 3 is 2.82 bits per heavy atom. The average molecular weight is 305 g/mol. The number of ketones is 1. The lowest BCUT2D eigenvalue weighted by atomic mass is 9.79. The standard InChI is InChI=1S/C17H23NO4/c1-11-14(16(19)8-13-9-22-10-15(11)13)4-7-18-5-2-12(3-6-18)17(20)21/h9,12,14H,2-8,10H2,1H3,(H,20,21). The predicted molar refractivity (Wildman–Crippen MR) is 81.3 cm³/mol. The Hall–Kier alpha value is -1.62. The monoisotopic (exact) mass is 305 g/mol. The summed E-state index contributed by atoms with van der Waals surface area (Å²) in [6, 6.07) is 0. The molecular weight excluding hydrogens is 282 g/mol. The van der Waals surface area contributed by atoms with E-state index >= 15 is 0 Å². The number of rotatable bonds is 4. The van der Waals surface area contributed by atoms with Crippen LogP contribution in [0.2, 0.25) is 0 Å². The van der Waals surface area contributed by atoms with Crippen LogP contribution in [0.4, 0.5) is 0 Å². The highest BCUT2D eigenvalue weighted by molar-refractivity contribution is 5.89. The summed E-state index contributed by atoms with van der Waals surface area (Å²) < 4.78 is 5.35. The van der Waals surface area contributed by atoms with E-state index in [0.29, 0.717) is 18.8 Å². The molecule has 1 fully saturated rings. The van der Waals surface area contributed by atoms with Gasteiger partial charge in [-0.05, 0) is 51.4 Å². The molecule has 1 atom stereocenters. The highest BCUT2D eigenvalue weighted by Crippen LogP contribution is 2.36. The summed E-state index contributed by atoms with van der Waals surface area (Å²) in [5, 5.41) is 9.03. The van der Waals surface area contributed by atoms with E-state index < -0.39 is 5.97 Å². The molecule has 5 heteroatoms. The molecule has 1 N–H and O–H groups in total. The number of piperidine rings is 1. The fraction of sp³-hybridized carbons (Fsp3) is 0.647. The number of aliphatic carboxylic acids is 1. The Morgan fingerprint density at radius 2 is 2.14 bits per heavy atom. The lowest BCUT2D eigenvalue weighted by molar-refractivity contribution is -0.143. The van der Waals surface area contributed by atoms with Crippen molar-refractivity contribution in [3.8, 4) is 0 Å². The van der Waals surface area contributed by atoms with Crippen molar-refractivity contribution in [3.63, 3.8) is 0 Å². The molecule has 0 radical (unpaired) electrons. The first-order valence-corrected chi connectivity index (χ1v) is 8.05. The fourth-order valence-electron chi connectivity index (χ4n) is 3.76. The van der Waals surface area contributed by atoms with Gasteiger partial charge in [-0.1, -0.05) is 5.57 Å². The van der Waals surface area contributed by atoms with E-state index in [9.17, 15) is 9.59 Å². The van der Waals surface area contributed by atoms with Crippen LogP contribution in [-0.2, 0) is 14.3 Å². The van der Waals surface area contributed by atoms with Crippen molar-refractivity contribution in [2.45, 2.75) is 32.6 Å². The number of carboxylic acids is 1. The van der Waals surface area contributed by atoms with Crippen molar-refractivity contribution in [3.05, 3.63) is 23.0 Å². The topological polar surface area (TPSA) is 66.8 Å². The van der Waals surface area contributed by atoms with Gasteiger partial charge in [-0.2, -0.15) is 0 Å². The number of fused-ring (bicyclic) bond motifs is 1. The number of ether oxygens (including phenoxy) is 1. The van der Waals surface area contributed by atoms with Gasteiger partial charge in [0.05, 0.1) is 12.2 Å². The van der Waals surface area contributed by atoms with E-state index in [-0.39, 0.29) is 11.8 Å². The third-order valence-electron chi connectivity index (χ3n) is 5.26. The summed E-state index contributed by atoms with van der Waals surface area (Å²) >= 11 is 0. The number of hydrogen-bond donors (Lipinski definition) is 1. The van der Waals surface area contributed by atoms with Gasteiger partial charge >= 0.3 is 5.97 Å². The van der Waals surface area contributed by atoms with Crippen LogP contribution in [0.5, 0.6) is 0 Å². The second-order valence-electron chi connectivity index (χ2n) is 6.55. The zero-order valence-corrected chi connectivity index (χ0v) is 13.0. The van der Waals surface area contributed by atoms with E-state index in [1.165, 1.54) is 11.1 Å². The molecule has 1 saturated heterocycles. The highest BCUT2D eigenvalue weighted by atomic mass is 16.5. The van der Waals surface area contributed by atoms with Gasteiger partial charge in [0.15, 0.2) is 0 Å². The van der Waals surface area contributed by atoms with Crippen LogP contribution in [0.1, 0.15) is 32.6 Å². The normalized spacial score (nSPS) is 26.7. The van der Waals surface area contributed by atoms with Crippen molar-refractivity contribution < 1.29 is 19.4 Å². The summed E-state index contributed by atoms with van der Waals surface area (Å²) in [5.74, 6) is -0.576. The second kappa shape index (κ2) is 6.24. The smallest absolute Gasteiger partial charge is 0.306 e. The maximum atomic E-state index is 12.3. The predicted octanol–water partition coefficient (Wildman–Crippen LogP) is 1.99. The molecule has 0 aromatic heterocycles. The minimum Gasteiger partial charge on any atom is -0.496 e. The van der Waals surface area contributed by atoms with Crippen molar-refractivity contribution in [1.82, 2.24) is 4.90 Å². The maximum absolute atomic E-state index is 12.3. The molecule has 1 aliphatic carbocycles. The Kier molecular flexibility index (Phi) is 4.34. The molecule has 3 aliphatic rings.